The topological polar surface area (TPSA) is 42.0 Å². The van der Waals surface area contributed by atoms with Gasteiger partial charge in [-0.25, -0.2) is 0 Å². The third kappa shape index (κ3) is 3.59. The Balaban J connectivity index is 1.66. The van der Waals surface area contributed by atoms with Crippen molar-refractivity contribution in [3.8, 4) is 11.3 Å². The predicted octanol–water partition coefficient (Wildman–Crippen LogP) is 4.30. The highest BCUT2D eigenvalue weighted by Gasteiger charge is 2.08. The van der Waals surface area contributed by atoms with E-state index in [1.54, 1.807) is 0 Å². The molecule has 0 unspecified atom stereocenters. The lowest BCUT2D eigenvalue weighted by Gasteiger charge is -2.03. The van der Waals surface area contributed by atoms with E-state index in [0.29, 0.717) is 6.42 Å². The second-order valence-electron chi connectivity index (χ2n) is 5.16. The zero-order valence-corrected chi connectivity index (χ0v) is 13.1. The van der Waals surface area contributed by atoms with E-state index in [1.807, 2.05) is 67.6 Å². The number of carbonyl (C=O) groups excluding carboxylic acids is 1. The van der Waals surface area contributed by atoms with Gasteiger partial charge in [-0.1, -0.05) is 60.2 Å². The number of aromatic nitrogens is 1. The molecular formula is C18H16N2OS. The largest absolute Gasteiger partial charge is 0.316 e. The zero-order chi connectivity index (χ0) is 15.4. The SMILES string of the molecule is Cc1cccc(CC(=O)Nc2cc(-c3ccccc3)ns2)c1. The average Bonchev–Trinajstić information content (AvgIpc) is 2.96. The van der Waals surface area contributed by atoms with Gasteiger partial charge in [0.1, 0.15) is 5.00 Å². The molecule has 0 radical (unpaired) electrons. The fraction of sp³-hybridized carbons (Fsp3) is 0.111. The van der Waals surface area contributed by atoms with Crippen LogP contribution in [0.1, 0.15) is 11.1 Å². The first-order chi connectivity index (χ1) is 10.7. The maximum Gasteiger partial charge on any atom is 0.229 e. The molecule has 0 saturated heterocycles. The normalized spacial score (nSPS) is 10.4. The molecule has 1 N–H and O–H groups in total. The Morgan fingerprint density at radius 1 is 1.09 bits per heavy atom. The maximum atomic E-state index is 12.1. The van der Waals surface area contributed by atoms with Gasteiger partial charge in [-0.05, 0) is 24.0 Å². The van der Waals surface area contributed by atoms with Crippen molar-refractivity contribution in [3.05, 3.63) is 71.8 Å². The van der Waals surface area contributed by atoms with Crippen molar-refractivity contribution in [1.82, 2.24) is 4.37 Å². The van der Waals surface area contributed by atoms with Gasteiger partial charge in [-0.15, -0.1) is 0 Å². The molecule has 0 aliphatic rings. The predicted molar refractivity (Wildman–Crippen MR) is 91.1 cm³/mol. The summed E-state index contributed by atoms with van der Waals surface area (Å²) < 4.78 is 4.39. The Labute approximate surface area is 133 Å². The molecule has 0 atom stereocenters. The highest BCUT2D eigenvalue weighted by Crippen LogP contribution is 2.25. The van der Waals surface area contributed by atoms with Crippen molar-refractivity contribution < 1.29 is 4.79 Å². The summed E-state index contributed by atoms with van der Waals surface area (Å²) in [5.41, 5.74) is 4.12. The minimum atomic E-state index is -0.0196. The van der Waals surface area contributed by atoms with Crippen LogP contribution in [-0.4, -0.2) is 10.3 Å². The second kappa shape index (κ2) is 6.54. The molecule has 0 spiro atoms. The fourth-order valence-electron chi connectivity index (χ4n) is 2.27. The van der Waals surface area contributed by atoms with Crippen LogP contribution >= 0.6 is 11.5 Å². The molecule has 0 aliphatic heterocycles. The number of anilines is 1. The molecule has 2 aromatic carbocycles. The van der Waals surface area contributed by atoms with Crippen LogP contribution in [0.3, 0.4) is 0 Å². The fourth-order valence-corrected chi connectivity index (χ4v) is 2.95. The summed E-state index contributed by atoms with van der Waals surface area (Å²) in [7, 11) is 0. The first-order valence-electron chi connectivity index (χ1n) is 7.08. The van der Waals surface area contributed by atoms with E-state index in [0.717, 1.165) is 27.4 Å². The van der Waals surface area contributed by atoms with Gasteiger partial charge in [0.15, 0.2) is 0 Å². The van der Waals surface area contributed by atoms with E-state index in [-0.39, 0.29) is 5.91 Å². The van der Waals surface area contributed by atoms with Gasteiger partial charge in [-0.3, -0.25) is 4.79 Å². The van der Waals surface area contributed by atoms with Crippen molar-refractivity contribution in [2.75, 3.05) is 5.32 Å². The Morgan fingerprint density at radius 3 is 2.68 bits per heavy atom. The van der Waals surface area contributed by atoms with Crippen LogP contribution < -0.4 is 5.32 Å². The van der Waals surface area contributed by atoms with Gasteiger partial charge in [0.25, 0.3) is 0 Å². The molecule has 0 bridgehead atoms. The van der Waals surface area contributed by atoms with Crippen molar-refractivity contribution in [2.45, 2.75) is 13.3 Å². The van der Waals surface area contributed by atoms with Crippen LogP contribution in [-0.2, 0) is 11.2 Å². The number of amides is 1. The molecule has 3 nitrogen and oxygen atoms in total. The van der Waals surface area contributed by atoms with Crippen LogP contribution in [0.25, 0.3) is 11.3 Å². The summed E-state index contributed by atoms with van der Waals surface area (Å²) in [5.74, 6) is -0.0196. The minimum Gasteiger partial charge on any atom is -0.316 e. The quantitative estimate of drug-likeness (QED) is 0.781. The Hall–Kier alpha value is -2.46. The Kier molecular flexibility index (Phi) is 4.30. The number of nitrogens with zero attached hydrogens (tertiary/aromatic N) is 1. The summed E-state index contributed by atoms with van der Waals surface area (Å²) in [4.78, 5) is 12.1. The number of hydrogen-bond acceptors (Lipinski definition) is 3. The van der Waals surface area contributed by atoms with Crippen molar-refractivity contribution in [1.29, 1.82) is 0 Å². The molecule has 1 amide bonds. The van der Waals surface area contributed by atoms with Crippen LogP contribution in [0.5, 0.6) is 0 Å². The highest BCUT2D eigenvalue weighted by molar-refractivity contribution is 7.10. The Morgan fingerprint density at radius 2 is 1.91 bits per heavy atom. The molecule has 22 heavy (non-hydrogen) atoms. The summed E-state index contributed by atoms with van der Waals surface area (Å²) in [6, 6.07) is 19.8. The molecule has 3 aromatic rings. The molecular weight excluding hydrogens is 292 g/mol. The third-order valence-corrected chi connectivity index (χ3v) is 3.99. The second-order valence-corrected chi connectivity index (χ2v) is 5.96. The molecule has 1 heterocycles. The van der Waals surface area contributed by atoms with Gasteiger partial charge in [0.05, 0.1) is 12.1 Å². The monoisotopic (exact) mass is 308 g/mol. The van der Waals surface area contributed by atoms with E-state index < -0.39 is 0 Å². The average molecular weight is 308 g/mol. The smallest absolute Gasteiger partial charge is 0.229 e. The summed E-state index contributed by atoms with van der Waals surface area (Å²) in [6.07, 6.45) is 0.375. The van der Waals surface area contributed by atoms with E-state index >= 15 is 0 Å². The van der Waals surface area contributed by atoms with E-state index in [1.165, 1.54) is 11.5 Å². The van der Waals surface area contributed by atoms with Gasteiger partial charge in [-0.2, -0.15) is 4.37 Å². The van der Waals surface area contributed by atoms with Crippen molar-refractivity contribution in [3.63, 3.8) is 0 Å². The number of hydrogen-bond donors (Lipinski definition) is 1. The summed E-state index contributed by atoms with van der Waals surface area (Å²) >= 11 is 1.30. The van der Waals surface area contributed by atoms with Crippen LogP contribution in [0.2, 0.25) is 0 Å². The van der Waals surface area contributed by atoms with Crippen LogP contribution in [0.4, 0.5) is 5.00 Å². The number of carbonyl (C=O) groups is 1. The van der Waals surface area contributed by atoms with Gasteiger partial charge < -0.3 is 5.32 Å². The first kappa shape index (κ1) is 14.5. The summed E-state index contributed by atoms with van der Waals surface area (Å²) in [6.45, 7) is 2.02. The van der Waals surface area contributed by atoms with Gasteiger partial charge in [0, 0.05) is 11.6 Å². The lowest BCUT2D eigenvalue weighted by molar-refractivity contribution is -0.115. The summed E-state index contributed by atoms with van der Waals surface area (Å²) in [5, 5.41) is 3.69. The van der Waals surface area contributed by atoms with E-state index in [2.05, 4.69) is 9.69 Å². The lowest BCUT2D eigenvalue weighted by atomic mass is 10.1. The molecule has 0 saturated carbocycles. The van der Waals surface area contributed by atoms with Crippen LogP contribution in [0, 0.1) is 6.92 Å². The number of nitrogens with one attached hydrogen (secondary N) is 1. The number of aryl methyl sites for hydroxylation is 1. The van der Waals surface area contributed by atoms with Crippen molar-refractivity contribution in [2.24, 2.45) is 0 Å². The zero-order valence-electron chi connectivity index (χ0n) is 12.2. The van der Waals surface area contributed by atoms with E-state index in [9.17, 15) is 4.79 Å². The number of benzene rings is 2. The molecule has 3 rings (SSSR count). The molecule has 0 aliphatic carbocycles. The molecule has 4 heteroatoms. The minimum absolute atomic E-state index is 0.0196. The molecule has 1 aromatic heterocycles. The van der Waals surface area contributed by atoms with Gasteiger partial charge >= 0.3 is 0 Å². The molecule has 0 fully saturated rings. The number of rotatable bonds is 4. The first-order valence-corrected chi connectivity index (χ1v) is 7.85. The molecule has 110 valence electrons. The maximum absolute atomic E-state index is 12.1. The third-order valence-electron chi connectivity index (χ3n) is 3.29. The standard InChI is InChI=1S/C18H16N2OS/c1-13-6-5-7-14(10-13)11-17(21)19-18-12-16(20-22-18)15-8-3-2-4-9-15/h2-10,12H,11H2,1H3,(H,19,21). The Bertz CT molecular complexity index is 781. The van der Waals surface area contributed by atoms with Crippen molar-refractivity contribution >= 4 is 22.4 Å². The van der Waals surface area contributed by atoms with Gasteiger partial charge in [0.2, 0.25) is 5.91 Å². The van der Waals surface area contributed by atoms with E-state index in [4.69, 9.17) is 0 Å². The lowest BCUT2D eigenvalue weighted by Crippen LogP contribution is -2.13. The highest BCUT2D eigenvalue weighted by atomic mass is 32.1. The van der Waals surface area contributed by atoms with Crippen LogP contribution in [0.15, 0.2) is 60.7 Å².